The molecule has 4 aromatic rings. The van der Waals surface area contributed by atoms with Crippen LogP contribution in [0.3, 0.4) is 0 Å². The number of carbonyl (C=O) groups is 1. The SMILES string of the molecule is Cc1ccc2c(NCc3ccc(NC(=O)c4ccc(Cl)cc4)cc3)nc(N3CCCCCC3)nc2c1. The Balaban J connectivity index is 1.31. The number of amides is 1. The molecule has 1 aromatic heterocycles. The minimum atomic E-state index is -0.165. The van der Waals surface area contributed by atoms with Crippen molar-refractivity contribution in [1.29, 1.82) is 0 Å². The first-order valence-corrected chi connectivity index (χ1v) is 12.9. The van der Waals surface area contributed by atoms with Gasteiger partial charge in [0, 0.05) is 41.3 Å². The van der Waals surface area contributed by atoms with E-state index in [9.17, 15) is 4.79 Å². The van der Waals surface area contributed by atoms with E-state index in [4.69, 9.17) is 21.6 Å². The highest BCUT2D eigenvalue weighted by atomic mass is 35.5. The standard InChI is InChI=1S/C29H30ClN5O/c1-20-6-15-25-26(18-20)33-29(35-16-4-2-3-5-17-35)34-27(25)31-19-21-7-13-24(14-8-21)32-28(36)22-9-11-23(30)12-10-22/h6-15,18H,2-5,16-17,19H2,1H3,(H,32,36)(H,31,33,34). The van der Waals surface area contributed by atoms with Crippen molar-refractivity contribution < 1.29 is 4.79 Å². The summed E-state index contributed by atoms with van der Waals surface area (Å²) in [5.74, 6) is 1.48. The molecular weight excluding hydrogens is 470 g/mol. The molecule has 1 aliphatic rings. The molecule has 3 aromatic carbocycles. The van der Waals surface area contributed by atoms with Gasteiger partial charge in [-0.15, -0.1) is 0 Å². The number of benzene rings is 3. The van der Waals surface area contributed by atoms with E-state index >= 15 is 0 Å². The van der Waals surface area contributed by atoms with Gasteiger partial charge in [-0.25, -0.2) is 4.98 Å². The summed E-state index contributed by atoms with van der Waals surface area (Å²) in [4.78, 5) is 24.6. The van der Waals surface area contributed by atoms with Crippen LogP contribution in [0.1, 0.15) is 47.2 Å². The number of anilines is 3. The van der Waals surface area contributed by atoms with Crippen LogP contribution in [-0.4, -0.2) is 29.0 Å². The van der Waals surface area contributed by atoms with Crippen LogP contribution < -0.4 is 15.5 Å². The van der Waals surface area contributed by atoms with Crippen molar-refractivity contribution in [3.8, 4) is 0 Å². The maximum absolute atomic E-state index is 12.5. The van der Waals surface area contributed by atoms with Crippen LogP contribution in [0.5, 0.6) is 0 Å². The molecule has 0 aliphatic carbocycles. The van der Waals surface area contributed by atoms with Crippen molar-refractivity contribution in [3.63, 3.8) is 0 Å². The third-order valence-electron chi connectivity index (χ3n) is 6.51. The number of halogens is 1. The second kappa shape index (κ2) is 11.0. The Morgan fingerprint density at radius 3 is 2.36 bits per heavy atom. The first-order chi connectivity index (χ1) is 17.5. The van der Waals surface area contributed by atoms with Crippen molar-refractivity contribution in [1.82, 2.24) is 9.97 Å². The fraction of sp³-hybridized carbons (Fsp3) is 0.276. The molecule has 7 heteroatoms. The number of carbonyl (C=O) groups excluding carboxylic acids is 1. The molecule has 184 valence electrons. The molecule has 2 heterocycles. The van der Waals surface area contributed by atoms with Gasteiger partial charge >= 0.3 is 0 Å². The van der Waals surface area contributed by atoms with Gasteiger partial charge in [0.05, 0.1) is 5.52 Å². The van der Waals surface area contributed by atoms with E-state index in [-0.39, 0.29) is 5.91 Å². The number of hydrogen-bond acceptors (Lipinski definition) is 5. The van der Waals surface area contributed by atoms with Gasteiger partial charge in [-0.1, -0.05) is 42.6 Å². The normalized spacial score (nSPS) is 13.9. The second-order valence-electron chi connectivity index (χ2n) is 9.31. The highest BCUT2D eigenvalue weighted by Crippen LogP contribution is 2.26. The topological polar surface area (TPSA) is 70.2 Å². The van der Waals surface area contributed by atoms with E-state index in [0.717, 1.165) is 47.0 Å². The molecule has 5 rings (SSSR count). The molecule has 1 saturated heterocycles. The zero-order chi connectivity index (χ0) is 24.9. The van der Waals surface area contributed by atoms with Crippen molar-refractivity contribution in [2.24, 2.45) is 0 Å². The molecule has 6 nitrogen and oxygen atoms in total. The van der Waals surface area contributed by atoms with Crippen LogP contribution in [0.2, 0.25) is 5.02 Å². The second-order valence-corrected chi connectivity index (χ2v) is 9.74. The van der Waals surface area contributed by atoms with Crippen LogP contribution in [0.4, 0.5) is 17.5 Å². The number of fused-ring (bicyclic) bond motifs is 1. The lowest BCUT2D eigenvalue weighted by molar-refractivity contribution is 0.102. The Bertz CT molecular complexity index is 1350. The van der Waals surface area contributed by atoms with Gasteiger partial charge in [-0.3, -0.25) is 4.79 Å². The van der Waals surface area contributed by atoms with E-state index in [1.165, 1.54) is 31.2 Å². The summed E-state index contributed by atoms with van der Waals surface area (Å²) in [6.45, 7) is 4.71. The lowest BCUT2D eigenvalue weighted by Crippen LogP contribution is -2.26. The monoisotopic (exact) mass is 499 g/mol. The number of nitrogens with one attached hydrogen (secondary N) is 2. The number of rotatable bonds is 6. The van der Waals surface area contributed by atoms with Crippen LogP contribution in [0.25, 0.3) is 10.9 Å². The smallest absolute Gasteiger partial charge is 0.255 e. The summed E-state index contributed by atoms with van der Waals surface area (Å²) >= 11 is 5.91. The van der Waals surface area contributed by atoms with E-state index in [2.05, 4.69) is 40.7 Å². The summed E-state index contributed by atoms with van der Waals surface area (Å²) in [6, 6.07) is 21.0. The highest BCUT2D eigenvalue weighted by Gasteiger charge is 2.16. The van der Waals surface area contributed by atoms with Gasteiger partial charge in [-0.05, 0) is 79.4 Å². The fourth-order valence-electron chi connectivity index (χ4n) is 4.47. The molecule has 1 fully saturated rings. The van der Waals surface area contributed by atoms with Crippen molar-refractivity contribution in [2.75, 3.05) is 28.6 Å². The summed E-state index contributed by atoms with van der Waals surface area (Å²) in [5, 5.41) is 8.09. The third kappa shape index (κ3) is 5.77. The minimum Gasteiger partial charge on any atom is -0.365 e. The lowest BCUT2D eigenvalue weighted by atomic mass is 10.1. The molecule has 36 heavy (non-hydrogen) atoms. The van der Waals surface area contributed by atoms with Crippen LogP contribution in [0, 0.1) is 6.92 Å². The quantitative estimate of drug-likeness (QED) is 0.304. The first kappa shape index (κ1) is 24.1. The van der Waals surface area contributed by atoms with Crippen molar-refractivity contribution >= 4 is 45.9 Å². The largest absolute Gasteiger partial charge is 0.365 e. The van der Waals surface area contributed by atoms with Gasteiger partial charge < -0.3 is 15.5 Å². The number of aryl methyl sites for hydroxylation is 1. The highest BCUT2D eigenvalue weighted by molar-refractivity contribution is 6.30. The van der Waals surface area contributed by atoms with E-state index in [1.807, 2.05) is 24.3 Å². The summed E-state index contributed by atoms with van der Waals surface area (Å²) in [6.07, 6.45) is 4.90. The average molecular weight is 500 g/mol. The predicted octanol–water partition coefficient (Wildman–Crippen LogP) is 6.84. The molecule has 0 unspecified atom stereocenters. The number of aromatic nitrogens is 2. The third-order valence-corrected chi connectivity index (χ3v) is 6.76. The minimum absolute atomic E-state index is 0.165. The average Bonchev–Trinajstić information content (AvgIpc) is 3.18. The summed E-state index contributed by atoms with van der Waals surface area (Å²) in [5.41, 5.74) is 4.55. The maximum atomic E-state index is 12.5. The van der Waals surface area contributed by atoms with Crippen molar-refractivity contribution in [2.45, 2.75) is 39.2 Å². The summed E-state index contributed by atoms with van der Waals surface area (Å²) < 4.78 is 0. The van der Waals surface area contributed by atoms with Gasteiger partial charge in [-0.2, -0.15) is 4.98 Å². The van der Waals surface area contributed by atoms with E-state index in [0.29, 0.717) is 17.1 Å². The Morgan fingerprint density at radius 1 is 0.917 bits per heavy atom. The number of nitrogens with zero attached hydrogens (tertiary/aromatic N) is 3. The molecule has 0 saturated carbocycles. The molecule has 2 N–H and O–H groups in total. The summed E-state index contributed by atoms with van der Waals surface area (Å²) in [7, 11) is 0. The molecule has 0 bridgehead atoms. The zero-order valence-electron chi connectivity index (χ0n) is 20.4. The lowest BCUT2D eigenvalue weighted by Gasteiger charge is -2.22. The first-order valence-electron chi connectivity index (χ1n) is 12.5. The maximum Gasteiger partial charge on any atom is 0.255 e. The molecule has 0 atom stereocenters. The van der Waals surface area contributed by atoms with Gasteiger partial charge in [0.25, 0.3) is 5.91 Å². The molecule has 0 radical (unpaired) electrons. The van der Waals surface area contributed by atoms with Crippen molar-refractivity contribution in [3.05, 3.63) is 88.4 Å². The van der Waals surface area contributed by atoms with Gasteiger partial charge in [0.1, 0.15) is 5.82 Å². The van der Waals surface area contributed by atoms with Crippen LogP contribution in [0.15, 0.2) is 66.7 Å². The molecule has 1 amide bonds. The van der Waals surface area contributed by atoms with Crippen LogP contribution >= 0.6 is 11.6 Å². The molecular formula is C29H30ClN5O. The Hall–Kier alpha value is -3.64. The Morgan fingerprint density at radius 2 is 1.64 bits per heavy atom. The fourth-order valence-corrected chi connectivity index (χ4v) is 4.60. The van der Waals surface area contributed by atoms with Gasteiger partial charge in [0.15, 0.2) is 0 Å². The Labute approximate surface area is 216 Å². The van der Waals surface area contributed by atoms with Gasteiger partial charge in [0.2, 0.25) is 5.95 Å². The molecule has 1 aliphatic heterocycles. The van der Waals surface area contributed by atoms with Crippen LogP contribution in [-0.2, 0) is 6.54 Å². The Kier molecular flexibility index (Phi) is 7.33. The predicted molar refractivity (Wildman–Crippen MR) is 148 cm³/mol. The number of hydrogen-bond donors (Lipinski definition) is 2. The van der Waals surface area contributed by atoms with E-state index < -0.39 is 0 Å². The van der Waals surface area contributed by atoms with E-state index in [1.54, 1.807) is 24.3 Å². The zero-order valence-corrected chi connectivity index (χ0v) is 21.2. The molecule has 0 spiro atoms.